The van der Waals surface area contributed by atoms with Gasteiger partial charge in [-0.2, -0.15) is 0 Å². The van der Waals surface area contributed by atoms with E-state index in [2.05, 4.69) is 17.6 Å². The fraction of sp³-hybridized carbons (Fsp3) is 0.907. The maximum atomic E-state index is 13.4. The van der Waals surface area contributed by atoms with Crippen LogP contribution >= 0.6 is 0 Å². The van der Waals surface area contributed by atoms with Gasteiger partial charge in [-0.05, 0) is 70.1 Å². The molecule has 3 aliphatic rings. The van der Waals surface area contributed by atoms with Crippen LogP contribution in [-0.2, 0) is 70.8 Å². The first-order valence-electron chi connectivity index (χ1n) is 22.7. The molecule has 3 amide bonds. The van der Waals surface area contributed by atoms with Gasteiger partial charge in [-0.25, -0.2) is 0 Å². The van der Waals surface area contributed by atoms with Gasteiger partial charge in [0.25, 0.3) is 0 Å². The molecule has 3 fully saturated rings. The van der Waals surface area contributed by atoms with Crippen LogP contribution in [0.25, 0.3) is 0 Å². The zero-order valence-electron chi connectivity index (χ0n) is 37.2. The Morgan fingerprint density at radius 1 is 0.645 bits per heavy atom. The summed E-state index contributed by atoms with van der Waals surface area (Å²) in [5.74, 6) is -1.03. The van der Waals surface area contributed by atoms with Gasteiger partial charge in [-0.1, -0.05) is 33.6 Å². The quantitative estimate of drug-likeness (QED) is 0.0460. The number of aliphatic hydroxyl groups excluding tert-OH is 7. The molecule has 3 aliphatic heterocycles. The van der Waals surface area contributed by atoms with Gasteiger partial charge >= 0.3 is 0 Å². The van der Waals surface area contributed by atoms with Crippen molar-refractivity contribution in [1.29, 1.82) is 0 Å². The van der Waals surface area contributed by atoms with Gasteiger partial charge in [0.2, 0.25) is 17.7 Å². The second-order valence-electron chi connectivity index (χ2n) is 17.4. The Labute approximate surface area is 392 Å². The summed E-state index contributed by atoms with van der Waals surface area (Å²) < 4.78 is 22.6. The van der Waals surface area contributed by atoms with Crippen LogP contribution in [-0.4, -0.2) is 172 Å². The summed E-state index contributed by atoms with van der Waals surface area (Å²) in [5.41, 5.74) is 0. The van der Waals surface area contributed by atoms with Gasteiger partial charge in [-0.15, -0.1) is 0 Å². The molecule has 0 saturated carbocycles. The van der Waals surface area contributed by atoms with E-state index in [4.69, 9.17) is 18.9 Å². The Balaban J connectivity index is 0.0000132. The molecule has 13 atom stereocenters. The second-order valence-corrected chi connectivity index (χ2v) is 17.4. The number of carbonyl (C=O) groups is 4. The molecule has 62 heavy (non-hydrogen) atoms. The van der Waals surface area contributed by atoms with Crippen molar-refractivity contribution < 1.29 is 107 Å². The zero-order valence-corrected chi connectivity index (χ0v) is 40.0. The van der Waals surface area contributed by atoms with E-state index in [0.29, 0.717) is 83.2 Å². The van der Waals surface area contributed by atoms with E-state index >= 15 is 0 Å². The maximum Gasteiger partial charge on any atom is 0.222 e. The van der Waals surface area contributed by atoms with E-state index in [-0.39, 0.29) is 101 Å². The molecule has 357 valence electrons. The van der Waals surface area contributed by atoms with Crippen molar-refractivity contribution in [1.82, 2.24) is 15.5 Å². The number of unbranched alkanes of at least 4 members (excludes halogenated alkanes) is 6. The molecular weight excluding hydrogens is 887 g/mol. The van der Waals surface area contributed by atoms with Crippen molar-refractivity contribution in [3.8, 4) is 0 Å². The van der Waals surface area contributed by atoms with E-state index in [9.17, 15) is 54.9 Å². The van der Waals surface area contributed by atoms with Gasteiger partial charge in [-0.3, -0.25) is 19.2 Å². The van der Waals surface area contributed by atoms with Crippen molar-refractivity contribution in [3.05, 3.63) is 0 Å². The fourth-order valence-electron chi connectivity index (χ4n) is 8.24. The molecule has 1 radical (unpaired) electrons. The van der Waals surface area contributed by atoms with Crippen molar-refractivity contribution in [2.45, 2.75) is 185 Å². The van der Waals surface area contributed by atoms with Crippen LogP contribution in [0.15, 0.2) is 0 Å². The first-order valence-corrected chi connectivity index (χ1v) is 22.7. The standard InChI is InChI=1S/C43H77N3O15.Y/c1-27-22-30(24-47)46(23-27)37(53)18-7-5-4-6-15-32(50)31(45-36(52)17-10-13-21-59-43-29(3)39(55)41(57)34(26-49)61-43)14-8-11-19-44-35(51)16-9-12-20-58-42-28(2)38(54)40(56)33(25-48)60-42;/h27-31,33-34,38-43,47-49,54-57H,4-26H2,1-3H3,(H,44,51)(H,45,52);/t27-,28?,29?,30+,31+,33?,34?,38?,39?,40?,41?,42?,43?;/m1./s1. The van der Waals surface area contributed by atoms with Crippen LogP contribution in [0.1, 0.15) is 124 Å². The number of ether oxygens (including phenoxy) is 4. The van der Waals surface area contributed by atoms with Crippen molar-refractivity contribution >= 4 is 23.5 Å². The Morgan fingerprint density at radius 2 is 1.16 bits per heavy atom. The molecule has 9 N–H and O–H groups in total. The second kappa shape index (κ2) is 30.9. The van der Waals surface area contributed by atoms with Crippen LogP contribution in [0.4, 0.5) is 0 Å². The average Bonchev–Trinajstić information content (AvgIpc) is 3.64. The molecule has 3 saturated heterocycles. The number of aliphatic hydroxyl groups is 7. The maximum absolute atomic E-state index is 13.4. The third-order valence-corrected chi connectivity index (χ3v) is 12.2. The number of nitrogens with one attached hydrogen (secondary N) is 2. The summed E-state index contributed by atoms with van der Waals surface area (Å²) in [6.07, 6.45) is 0.452. The predicted octanol–water partition coefficient (Wildman–Crippen LogP) is 0.418. The van der Waals surface area contributed by atoms with E-state index < -0.39 is 80.3 Å². The first kappa shape index (κ1) is 56.9. The van der Waals surface area contributed by atoms with E-state index in [0.717, 1.165) is 19.3 Å². The molecule has 3 heterocycles. The van der Waals surface area contributed by atoms with Crippen LogP contribution in [0, 0.1) is 17.8 Å². The Morgan fingerprint density at radius 3 is 1.69 bits per heavy atom. The molecule has 10 unspecified atom stereocenters. The van der Waals surface area contributed by atoms with Gasteiger partial charge in [0, 0.05) is 96.5 Å². The van der Waals surface area contributed by atoms with Gasteiger partial charge < -0.3 is 70.2 Å². The van der Waals surface area contributed by atoms with Gasteiger partial charge in [0.15, 0.2) is 18.4 Å². The molecular formula is C43H77N3O15Y. The number of Topliss-reactive ketones (excluding diaryl/α,β-unsaturated/α-hetero) is 1. The molecule has 18 nitrogen and oxygen atoms in total. The minimum Gasteiger partial charge on any atom is -0.394 e. The number of amides is 3. The summed E-state index contributed by atoms with van der Waals surface area (Å²) in [6, 6.07) is -0.787. The topological polar surface area (TPSA) is 274 Å². The summed E-state index contributed by atoms with van der Waals surface area (Å²) in [6.45, 7) is 6.10. The largest absolute Gasteiger partial charge is 0.394 e. The summed E-state index contributed by atoms with van der Waals surface area (Å²) in [4.78, 5) is 53.4. The number of rotatable bonds is 29. The smallest absolute Gasteiger partial charge is 0.222 e. The van der Waals surface area contributed by atoms with Crippen molar-refractivity contribution in [2.24, 2.45) is 17.8 Å². The molecule has 0 aliphatic carbocycles. The van der Waals surface area contributed by atoms with Crippen LogP contribution in [0.5, 0.6) is 0 Å². The first-order chi connectivity index (χ1) is 29.2. The Hall–Kier alpha value is -1.26. The molecule has 19 heteroatoms. The minimum absolute atomic E-state index is 0. The van der Waals surface area contributed by atoms with Crippen molar-refractivity contribution in [2.75, 3.05) is 46.1 Å². The minimum atomic E-state index is -1.22. The number of hydrogen-bond acceptors (Lipinski definition) is 15. The normalized spacial score (nSPS) is 30.4. The van der Waals surface area contributed by atoms with Crippen LogP contribution < -0.4 is 10.6 Å². The summed E-state index contributed by atoms with van der Waals surface area (Å²) in [5, 5.41) is 74.8. The number of ketones is 1. The monoisotopic (exact) mass is 964 g/mol. The fourth-order valence-corrected chi connectivity index (χ4v) is 8.24. The van der Waals surface area contributed by atoms with Crippen LogP contribution in [0.2, 0.25) is 0 Å². The third-order valence-electron chi connectivity index (χ3n) is 12.2. The molecule has 0 bridgehead atoms. The van der Waals surface area contributed by atoms with E-state index in [1.165, 1.54) is 0 Å². The predicted molar refractivity (Wildman–Crippen MR) is 221 cm³/mol. The van der Waals surface area contributed by atoms with Gasteiger partial charge in [0.1, 0.15) is 24.4 Å². The number of carbonyl (C=O) groups excluding carboxylic acids is 4. The third kappa shape index (κ3) is 18.9. The van der Waals surface area contributed by atoms with Crippen LogP contribution in [0.3, 0.4) is 0 Å². The Kier molecular flexibility index (Phi) is 28.3. The van der Waals surface area contributed by atoms with E-state index in [1.807, 2.05) is 0 Å². The van der Waals surface area contributed by atoms with E-state index in [1.54, 1.807) is 18.7 Å². The molecule has 0 aromatic heterocycles. The SMILES string of the molecule is CC1C(OCCCCC(=O)NCCCC[C@H](NC(=O)CCCCOC2OC(CO)C(O)C(O)C2C)C(=O)CCCCCCC(=O)N2C[C@H](C)C[C@H]2CO)OC(CO)C(O)C1O.[Y]. The summed E-state index contributed by atoms with van der Waals surface area (Å²) >= 11 is 0. The number of likely N-dealkylation sites (tertiary alicyclic amines) is 1. The molecule has 0 aromatic carbocycles. The number of nitrogens with zero attached hydrogens (tertiary/aromatic N) is 1. The Bertz CT molecular complexity index is 1300. The van der Waals surface area contributed by atoms with Gasteiger partial charge in [0.05, 0.1) is 44.1 Å². The molecule has 3 rings (SSSR count). The summed E-state index contributed by atoms with van der Waals surface area (Å²) in [7, 11) is 0. The number of hydrogen-bond donors (Lipinski definition) is 9. The van der Waals surface area contributed by atoms with Crippen molar-refractivity contribution in [3.63, 3.8) is 0 Å². The average molecular weight is 965 g/mol. The molecule has 0 aromatic rings. The zero-order chi connectivity index (χ0) is 44.9. The molecule has 0 spiro atoms.